The summed E-state index contributed by atoms with van der Waals surface area (Å²) in [5.74, 6) is 1.25. The van der Waals surface area contributed by atoms with Crippen LogP contribution in [0.5, 0.6) is 0 Å². The lowest BCUT2D eigenvalue weighted by Gasteiger charge is -2.41. The van der Waals surface area contributed by atoms with Crippen molar-refractivity contribution in [1.82, 2.24) is 19.7 Å². The first-order valence-corrected chi connectivity index (χ1v) is 11.0. The number of nitrogens with zero attached hydrogens (tertiary/aromatic N) is 6. The van der Waals surface area contributed by atoms with Gasteiger partial charge in [0.2, 0.25) is 5.95 Å². The molecule has 3 heterocycles. The largest absolute Gasteiger partial charge is 0.350 e. The molecular weight excluding hydrogens is 409 g/mol. The Labute approximate surface area is 186 Å². The summed E-state index contributed by atoms with van der Waals surface area (Å²) in [6.07, 6.45) is 7.22. The fourth-order valence-corrected chi connectivity index (χ4v) is 4.43. The van der Waals surface area contributed by atoms with Crippen LogP contribution in [0, 0.1) is 5.82 Å². The second-order valence-electron chi connectivity index (χ2n) is 8.25. The van der Waals surface area contributed by atoms with Gasteiger partial charge in [0.05, 0.1) is 18.9 Å². The Morgan fingerprint density at radius 2 is 1.88 bits per heavy atom. The lowest BCUT2D eigenvalue weighted by Crippen LogP contribution is -2.56. The smallest absolute Gasteiger partial charge is 0.253 e. The molecule has 9 heteroatoms. The van der Waals surface area contributed by atoms with E-state index < -0.39 is 5.54 Å². The number of benzene rings is 1. The van der Waals surface area contributed by atoms with Crippen LogP contribution in [0.15, 0.2) is 42.9 Å². The van der Waals surface area contributed by atoms with Crippen molar-refractivity contribution < 1.29 is 9.18 Å². The van der Waals surface area contributed by atoms with E-state index in [1.54, 1.807) is 29.4 Å². The number of anilines is 3. The first kappa shape index (κ1) is 20.4. The molecule has 1 saturated carbocycles. The van der Waals surface area contributed by atoms with Crippen molar-refractivity contribution in [3.05, 3.63) is 59.8 Å². The van der Waals surface area contributed by atoms with Gasteiger partial charge in [-0.1, -0.05) is 12.1 Å². The Morgan fingerprint density at radius 1 is 1.09 bits per heavy atom. The third-order valence-electron chi connectivity index (χ3n) is 6.21. The third-order valence-corrected chi connectivity index (χ3v) is 6.21. The number of rotatable bonds is 7. The van der Waals surface area contributed by atoms with E-state index in [1.807, 2.05) is 17.8 Å². The molecule has 166 valence electrons. The number of aromatic nitrogens is 4. The van der Waals surface area contributed by atoms with Gasteiger partial charge < -0.3 is 15.1 Å². The van der Waals surface area contributed by atoms with Crippen LogP contribution in [-0.2, 0) is 17.9 Å². The number of amides is 1. The summed E-state index contributed by atoms with van der Waals surface area (Å²) < 4.78 is 14.9. The minimum absolute atomic E-state index is 0.159. The number of fused-ring (bicyclic) bond motifs is 1. The molecule has 0 atom stereocenters. The Morgan fingerprint density at radius 3 is 2.56 bits per heavy atom. The van der Waals surface area contributed by atoms with Crippen LogP contribution < -0.4 is 15.1 Å². The van der Waals surface area contributed by atoms with Gasteiger partial charge in [-0.3, -0.25) is 9.48 Å². The maximum absolute atomic E-state index is 13.1. The summed E-state index contributed by atoms with van der Waals surface area (Å²) in [5, 5.41) is 7.67. The highest BCUT2D eigenvalue weighted by molar-refractivity contribution is 6.09. The molecule has 1 amide bonds. The van der Waals surface area contributed by atoms with Crippen LogP contribution >= 0.6 is 0 Å². The first-order chi connectivity index (χ1) is 15.5. The van der Waals surface area contributed by atoms with Crippen LogP contribution in [0.2, 0.25) is 0 Å². The Hall–Kier alpha value is -3.49. The SMILES string of the molecule is CCN1C(=O)C2(CC2)N(CC)c2nc(NCc3cnn(Cc4ccc(F)cc4)c3)ncc21. The second kappa shape index (κ2) is 7.89. The van der Waals surface area contributed by atoms with E-state index in [0.29, 0.717) is 25.6 Å². The lowest BCUT2D eigenvalue weighted by molar-refractivity contribution is -0.121. The summed E-state index contributed by atoms with van der Waals surface area (Å²) in [6, 6.07) is 6.42. The molecule has 32 heavy (non-hydrogen) atoms. The van der Waals surface area contributed by atoms with Crippen LogP contribution in [0.4, 0.5) is 21.8 Å². The molecule has 0 unspecified atom stereocenters. The van der Waals surface area contributed by atoms with Crippen molar-refractivity contribution in [3.8, 4) is 0 Å². The van der Waals surface area contributed by atoms with E-state index >= 15 is 0 Å². The number of halogens is 1. The molecule has 1 fully saturated rings. The van der Waals surface area contributed by atoms with E-state index in [9.17, 15) is 9.18 Å². The van der Waals surface area contributed by atoms with Gasteiger partial charge in [-0.25, -0.2) is 9.37 Å². The molecule has 5 rings (SSSR count). The van der Waals surface area contributed by atoms with E-state index in [2.05, 4.69) is 27.2 Å². The van der Waals surface area contributed by atoms with E-state index in [0.717, 1.165) is 42.0 Å². The fraction of sp³-hybridized carbons (Fsp3) is 0.391. The van der Waals surface area contributed by atoms with Crippen LogP contribution in [0.1, 0.15) is 37.8 Å². The van der Waals surface area contributed by atoms with Crippen molar-refractivity contribution in [1.29, 1.82) is 0 Å². The molecule has 1 spiro atoms. The number of hydrogen-bond acceptors (Lipinski definition) is 6. The predicted octanol–water partition coefficient (Wildman–Crippen LogP) is 3.20. The quantitative estimate of drug-likeness (QED) is 0.614. The molecule has 2 aliphatic rings. The van der Waals surface area contributed by atoms with Gasteiger partial charge >= 0.3 is 0 Å². The van der Waals surface area contributed by atoms with Gasteiger partial charge in [0.1, 0.15) is 17.0 Å². The number of carbonyl (C=O) groups excluding carboxylic acids is 1. The van der Waals surface area contributed by atoms with Gasteiger partial charge in [-0.15, -0.1) is 0 Å². The summed E-state index contributed by atoms with van der Waals surface area (Å²) in [7, 11) is 0. The molecule has 2 aromatic heterocycles. The molecule has 0 bridgehead atoms. The van der Waals surface area contributed by atoms with Gasteiger partial charge in [-0.05, 0) is 44.4 Å². The van der Waals surface area contributed by atoms with Crippen LogP contribution in [0.25, 0.3) is 0 Å². The van der Waals surface area contributed by atoms with Crippen LogP contribution in [0.3, 0.4) is 0 Å². The predicted molar refractivity (Wildman–Crippen MR) is 120 cm³/mol. The normalized spacial score (nSPS) is 16.4. The minimum Gasteiger partial charge on any atom is -0.350 e. The molecular formula is C23H26FN7O. The summed E-state index contributed by atoms with van der Waals surface area (Å²) in [5.41, 5.74) is 2.32. The zero-order chi connectivity index (χ0) is 22.3. The summed E-state index contributed by atoms with van der Waals surface area (Å²) in [6.45, 7) is 6.47. The molecule has 0 radical (unpaired) electrons. The average molecular weight is 436 g/mol. The molecule has 1 N–H and O–H groups in total. The van der Waals surface area contributed by atoms with Crippen molar-refractivity contribution >= 4 is 23.4 Å². The standard InChI is InChI=1S/C23H26FN7O/c1-3-30-19-13-26-22(28-20(19)31(4-2)23(9-10-23)21(30)32)25-11-17-12-27-29(15-17)14-16-5-7-18(24)8-6-16/h5-8,12-13,15H,3-4,9-11,14H2,1-2H3,(H,25,26,28). The molecule has 1 aliphatic heterocycles. The zero-order valence-electron chi connectivity index (χ0n) is 18.3. The van der Waals surface area contributed by atoms with E-state index in [1.165, 1.54) is 12.1 Å². The zero-order valence-corrected chi connectivity index (χ0v) is 18.3. The number of carbonyl (C=O) groups is 1. The molecule has 3 aromatic rings. The van der Waals surface area contributed by atoms with Gasteiger partial charge in [0, 0.05) is 31.4 Å². The number of likely N-dealkylation sites (N-methyl/N-ethyl adjacent to an activating group) is 2. The molecule has 0 saturated heterocycles. The molecule has 1 aliphatic carbocycles. The molecule has 8 nitrogen and oxygen atoms in total. The Kier molecular flexibility index (Phi) is 5.03. The maximum Gasteiger partial charge on any atom is 0.253 e. The fourth-order valence-electron chi connectivity index (χ4n) is 4.43. The van der Waals surface area contributed by atoms with E-state index in [4.69, 9.17) is 4.98 Å². The maximum atomic E-state index is 13.1. The Balaban J connectivity index is 1.31. The Bertz CT molecular complexity index is 1140. The lowest BCUT2D eigenvalue weighted by atomic mass is 10.1. The molecule has 1 aromatic carbocycles. The second-order valence-corrected chi connectivity index (χ2v) is 8.25. The van der Waals surface area contributed by atoms with Gasteiger partial charge in [-0.2, -0.15) is 10.1 Å². The first-order valence-electron chi connectivity index (χ1n) is 11.0. The van der Waals surface area contributed by atoms with E-state index in [-0.39, 0.29) is 11.7 Å². The van der Waals surface area contributed by atoms with Crippen molar-refractivity contribution in [3.63, 3.8) is 0 Å². The van der Waals surface area contributed by atoms with Crippen molar-refractivity contribution in [2.24, 2.45) is 0 Å². The minimum atomic E-state index is -0.426. The average Bonchev–Trinajstić information content (AvgIpc) is 3.47. The summed E-state index contributed by atoms with van der Waals surface area (Å²) >= 11 is 0. The van der Waals surface area contributed by atoms with Gasteiger partial charge in [0.25, 0.3) is 5.91 Å². The number of hydrogen-bond donors (Lipinski definition) is 1. The summed E-state index contributed by atoms with van der Waals surface area (Å²) in [4.78, 5) is 26.2. The third kappa shape index (κ3) is 3.47. The highest BCUT2D eigenvalue weighted by atomic mass is 19.1. The topological polar surface area (TPSA) is 79.2 Å². The highest BCUT2D eigenvalue weighted by Gasteiger charge is 2.59. The number of nitrogens with one attached hydrogen (secondary N) is 1. The van der Waals surface area contributed by atoms with Gasteiger partial charge in [0.15, 0.2) is 5.82 Å². The monoisotopic (exact) mass is 435 g/mol. The van der Waals surface area contributed by atoms with Crippen molar-refractivity contribution in [2.45, 2.75) is 45.3 Å². The highest BCUT2D eigenvalue weighted by Crippen LogP contribution is 2.51. The van der Waals surface area contributed by atoms with Crippen LogP contribution in [-0.4, -0.2) is 44.3 Å². The van der Waals surface area contributed by atoms with Crippen molar-refractivity contribution in [2.75, 3.05) is 28.2 Å².